The number of aliphatic imine (C=N–C) groups is 1. The zero-order valence-corrected chi connectivity index (χ0v) is 9.73. The van der Waals surface area contributed by atoms with Crippen LogP contribution in [0.4, 0.5) is 0 Å². The van der Waals surface area contributed by atoms with Gasteiger partial charge in [-0.25, -0.2) is 9.98 Å². The predicted octanol–water partition coefficient (Wildman–Crippen LogP) is 1.26. The third kappa shape index (κ3) is 2.34. The second kappa shape index (κ2) is 4.91. The average molecular weight is 240 g/mol. The maximum absolute atomic E-state index is 5.51. The molecule has 0 spiro atoms. The molecule has 1 atom stereocenters. The maximum atomic E-state index is 5.51. The van der Waals surface area contributed by atoms with Crippen LogP contribution in [0.2, 0.25) is 0 Å². The number of aromatic nitrogens is 3. The van der Waals surface area contributed by atoms with Crippen LogP contribution in [0.5, 0.6) is 0 Å². The van der Waals surface area contributed by atoms with Gasteiger partial charge in [-0.15, -0.1) is 5.10 Å². The lowest BCUT2D eigenvalue weighted by Gasteiger charge is -2.03. The Morgan fingerprint density at radius 3 is 2.83 bits per heavy atom. The average Bonchev–Trinajstić information content (AvgIpc) is 2.89. The molecule has 5 nitrogen and oxygen atoms in total. The highest BCUT2D eigenvalue weighted by Crippen LogP contribution is 2.13. The molecule has 5 heteroatoms. The molecule has 0 bridgehead atoms. The van der Waals surface area contributed by atoms with E-state index in [1.807, 2.05) is 18.2 Å². The van der Waals surface area contributed by atoms with Gasteiger partial charge in [0.15, 0.2) is 0 Å². The summed E-state index contributed by atoms with van der Waals surface area (Å²) in [6.07, 6.45) is 3.98. The third-order valence-electron chi connectivity index (χ3n) is 2.70. The zero-order valence-electron chi connectivity index (χ0n) is 9.73. The van der Waals surface area contributed by atoms with E-state index in [1.54, 1.807) is 6.20 Å². The summed E-state index contributed by atoms with van der Waals surface area (Å²) in [5, 5.41) is 7.65. The van der Waals surface area contributed by atoms with Crippen LogP contribution in [-0.2, 0) is 11.2 Å². The molecule has 0 aliphatic carbocycles. The summed E-state index contributed by atoms with van der Waals surface area (Å²) >= 11 is 0. The van der Waals surface area contributed by atoms with Crippen LogP contribution in [0.3, 0.4) is 0 Å². The number of ether oxygens (including phenoxy) is 1. The van der Waals surface area contributed by atoms with Crippen molar-refractivity contribution in [3.8, 4) is 0 Å². The van der Waals surface area contributed by atoms with Gasteiger partial charge in [0.05, 0.1) is 12.2 Å². The summed E-state index contributed by atoms with van der Waals surface area (Å²) < 4.78 is 5.51. The Morgan fingerprint density at radius 2 is 2.06 bits per heavy atom. The number of nitrogens with zero attached hydrogens (tertiary/aromatic N) is 4. The summed E-state index contributed by atoms with van der Waals surface area (Å²) in [4.78, 5) is 8.56. The standard InChI is InChI=1S/C13H12N4O/c1-2-4-10(5-3-1)8-11-9-18-13(16-11)12-14-6-7-15-17-12/h1-7,11H,8-9H2. The summed E-state index contributed by atoms with van der Waals surface area (Å²) in [7, 11) is 0. The van der Waals surface area contributed by atoms with Gasteiger partial charge in [0.1, 0.15) is 6.61 Å². The summed E-state index contributed by atoms with van der Waals surface area (Å²) in [6, 6.07) is 10.4. The van der Waals surface area contributed by atoms with Crippen LogP contribution >= 0.6 is 0 Å². The molecule has 1 unspecified atom stereocenters. The SMILES string of the molecule is c1ccc(CC2COC(c3nccnn3)=N2)cc1. The molecule has 90 valence electrons. The Bertz CT molecular complexity index is 541. The monoisotopic (exact) mass is 240 g/mol. The minimum absolute atomic E-state index is 0.131. The topological polar surface area (TPSA) is 60.3 Å². The lowest BCUT2D eigenvalue weighted by atomic mass is 10.1. The molecule has 1 aliphatic rings. The van der Waals surface area contributed by atoms with E-state index in [4.69, 9.17) is 4.74 Å². The van der Waals surface area contributed by atoms with Gasteiger partial charge in [-0.1, -0.05) is 30.3 Å². The normalized spacial score (nSPS) is 18.2. The maximum Gasteiger partial charge on any atom is 0.257 e. The highest BCUT2D eigenvalue weighted by atomic mass is 16.5. The third-order valence-corrected chi connectivity index (χ3v) is 2.70. The first-order valence-corrected chi connectivity index (χ1v) is 5.80. The molecule has 0 saturated heterocycles. The first-order chi connectivity index (χ1) is 8.92. The van der Waals surface area contributed by atoms with Crippen LogP contribution in [0.15, 0.2) is 47.7 Å². The van der Waals surface area contributed by atoms with Crippen LogP contribution in [0.25, 0.3) is 0 Å². The van der Waals surface area contributed by atoms with Crippen LogP contribution in [-0.4, -0.2) is 33.7 Å². The van der Waals surface area contributed by atoms with Gasteiger partial charge in [0.25, 0.3) is 5.90 Å². The van der Waals surface area contributed by atoms with Crippen molar-refractivity contribution in [2.75, 3.05) is 6.61 Å². The van der Waals surface area contributed by atoms with E-state index in [2.05, 4.69) is 32.3 Å². The van der Waals surface area contributed by atoms with Crippen molar-refractivity contribution in [2.24, 2.45) is 4.99 Å². The minimum atomic E-state index is 0.131. The predicted molar refractivity (Wildman–Crippen MR) is 66.3 cm³/mol. The largest absolute Gasteiger partial charge is 0.473 e. The minimum Gasteiger partial charge on any atom is -0.473 e. The number of benzene rings is 1. The van der Waals surface area contributed by atoms with E-state index in [9.17, 15) is 0 Å². The Labute approximate surface area is 105 Å². The molecule has 1 aliphatic heterocycles. The Hall–Kier alpha value is -2.30. The van der Waals surface area contributed by atoms with Gasteiger partial charge in [-0.3, -0.25) is 0 Å². The molecule has 18 heavy (non-hydrogen) atoms. The first-order valence-electron chi connectivity index (χ1n) is 5.80. The van der Waals surface area contributed by atoms with Crippen molar-refractivity contribution in [2.45, 2.75) is 12.5 Å². The summed E-state index contributed by atoms with van der Waals surface area (Å²) in [5.74, 6) is 0.942. The molecule has 1 aromatic heterocycles. The lowest BCUT2D eigenvalue weighted by Crippen LogP contribution is -2.10. The molecule has 3 rings (SSSR count). The second-order valence-corrected chi connectivity index (χ2v) is 4.06. The van der Waals surface area contributed by atoms with Crippen molar-refractivity contribution in [1.29, 1.82) is 0 Å². The van der Waals surface area contributed by atoms with Crippen LogP contribution in [0, 0.1) is 0 Å². The molecular weight excluding hydrogens is 228 g/mol. The van der Waals surface area contributed by atoms with Gasteiger partial charge in [-0.05, 0) is 12.0 Å². The molecule has 0 radical (unpaired) electrons. The Balaban J connectivity index is 1.73. The van der Waals surface area contributed by atoms with Gasteiger partial charge in [0, 0.05) is 6.20 Å². The molecule has 0 saturated carbocycles. The number of hydrogen-bond acceptors (Lipinski definition) is 5. The fourth-order valence-corrected chi connectivity index (χ4v) is 1.87. The highest BCUT2D eigenvalue weighted by molar-refractivity contribution is 5.91. The Morgan fingerprint density at radius 1 is 1.17 bits per heavy atom. The molecule has 2 heterocycles. The first kappa shape index (κ1) is 10.8. The highest BCUT2D eigenvalue weighted by Gasteiger charge is 2.22. The molecular formula is C13H12N4O. The quantitative estimate of drug-likeness (QED) is 0.810. The van der Waals surface area contributed by atoms with Crippen molar-refractivity contribution >= 4 is 5.90 Å². The Kier molecular flexibility index (Phi) is 2.96. The fraction of sp³-hybridized carbons (Fsp3) is 0.231. The summed E-state index contributed by atoms with van der Waals surface area (Å²) in [6.45, 7) is 0.572. The van der Waals surface area contributed by atoms with E-state index in [-0.39, 0.29) is 6.04 Å². The molecule has 0 amide bonds. The van der Waals surface area contributed by atoms with Crippen molar-refractivity contribution in [3.63, 3.8) is 0 Å². The van der Waals surface area contributed by atoms with Crippen molar-refractivity contribution in [1.82, 2.24) is 15.2 Å². The van der Waals surface area contributed by atoms with E-state index < -0.39 is 0 Å². The number of rotatable bonds is 3. The van der Waals surface area contributed by atoms with E-state index in [0.717, 1.165) is 6.42 Å². The zero-order chi connectivity index (χ0) is 12.2. The molecule has 0 fully saturated rings. The van der Waals surface area contributed by atoms with E-state index in [0.29, 0.717) is 18.3 Å². The lowest BCUT2D eigenvalue weighted by molar-refractivity contribution is 0.315. The summed E-state index contributed by atoms with van der Waals surface area (Å²) in [5.41, 5.74) is 1.25. The fourth-order valence-electron chi connectivity index (χ4n) is 1.87. The smallest absolute Gasteiger partial charge is 0.257 e. The van der Waals surface area contributed by atoms with Gasteiger partial charge in [-0.2, -0.15) is 5.10 Å². The molecule has 2 aromatic rings. The van der Waals surface area contributed by atoms with E-state index >= 15 is 0 Å². The van der Waals surface area contributed by atoms with Crippen molar-refractivity contribution < 1.29 is 4.74 Å². The van der Waals surface area contributed by atoms with Crippen molar-refractivity contribution in [3.05, 3.63) is 54.1 Å². The number of hydrogen-bond donors (Lipinski definition) is 0. The van der Waals surface area contributed by atoms with Crippen LogP contribution in [0.1, 0.15) is 11.4 Å². The van der Waals surface area contributed by atoms with Gasteiger partial charge < -0.3 is 4.74 Å². The van der Waals surface area contributed by atoms with Crippen LogP contribution < -0.4 is 0 Å². The van der Waals surface area contributed by atoms with Gasteiger partial charge in [0.2, 0.25) is 5.82 Å². The second-order valence-electron chi connectivity index (χ2n) is 4.06. The van der Waals surface area contributed by atoms with Gasteiger partial charge >= 0.3 is 0 Å². The molecule has 1 aromatic carbocycles. The molecule has 0 N–H and O–H groups in total. The van der Waals surface area contributed by atoms with E-state index in [1.165, 1.54) is 11.8 Å².